The molecule has 1 heterocycles. The summed E-state index contributed by atoms with van der Waals surface area (Å²) in [6, 6.07) is 6.56. The third kappa shape index (κ3) is 2.21. The fourth-order valence-electron chi connectivity index (χ4n) is 1.20. The first-order chi connectivity index (χ1) is 7.68. The molecule has 0 fully saturated rings. The van der Waals surface area contributed by atoms with Crippen LogP contribution in [0, 0.1) is 0 Å². The van der Waals surface area contributed by atoms with Gasteiger partial charge in [-0.15, -0.1) is 0 Å². The zero-order valence-electron chi connectivity index (χ0n) is 8.04. The summed E-state index contributed by atoms with van der Waals surface area (Å²) in [7, 11) is 0. The number of furan rings is 1. The number of hydrogen-bond donors (Lipinski definition) is 1. The van der Waals surface area contributed by atoms with Gasteiger partial charge in [-0.05, 0) is 18.2 Å². The number of nitrogens with one attached hydrogen (secondary N) is 1. The van der Waals surface area contributed by atoms with Gasteiger partial charge in [0.2, 0.25) is 0 Å². The van der Waals surface area contributed by atoms with Crippen molar-refractivity contribution in [3.8, 4) is 0 Å². The highest BCUT2D eigenvalue weighted by atomic mass is 35.5. The lowest BCUT2D eigenvalue weighted by molar-refractivity contribution is 0.102. The molecule has 1 aromatic heterocycles. The molecule has 3 nitrogen and oxygen atoms in total. The molecule has 0 bridgehead atoms. The minimum atomic E-state index is -0.316. The average molecular weight is 256 g/mol. The van der Waals surface area contributed by atoms with Gasteiger partial charge in [0.25, 0.3) is 5.91 Å². The summed E-state index contributed by atoms with van der Waals surface area (Å²) in [5.74, 6) is -0.316. The number of rotatable bonds is 2. The third-order valence-corrected chi connectivity index (χ3v) is 2.61. The molecule has 1 N–H and O–H groups in total. The second-order valence-electron chi connectivity index (χ2n) is 3.06. The highest BCUT2D eigenvalue weighted by Gasteiger charge is 2.11. The maximum atomic E-state index is 11.7. The molecule has 0 aliphatic heterocycles. The standard InChI is InChI=1S/C11H7Cl2NO2/c12-8-2-1-3-9(13)10(8)14-11(15)7-4-5-16-6-7/h1-6H,(H,14,15). The lowest BCUT2D eigenvalue weighted by Crippen LogP contribution is -2.11. The molecule has 0 aliphatic carbocycles. The van der Waals surface area contributed by atoms with Crippen molar-refractivity contribution in [2.75, 3.05) is 5.32 Å². The summed E-state index contributed by atoms with van der Waals surface area (Å²) in [4.78, 5) is 11.7. The van der Waals surface area contributed by atoms with Gasteiger partial charge in [0.15, 0.2) is 0 Å². The highest BCUT2D eigenvalue weighted by Crippen LogP contribution is 2.30. The number of para-hydroxylation sites is 1. The van der Waals surface area contributed by atoms with Crippen LogP contribution in [0.25, 0.3) is 0 Å². The van der Waals surface area contributed by atoms with E-state index in [-0.39, 0.29) is 5.91 Å². The number of hydrogen-bond acceptors (Lipinski definition) is 2. The molecule has 16 heavy (non-hydrogen) atoms. The van der Waals surface area contributed by atoms with Crippen LogP contribution in [0.4, 0.5) is 5.69 Å². The minimum absolute atomic E-state index is 0.316. The van der Waals surface area contributed by atoms with E-state index in [2.05, 4.69) is 5.32 Å². The van der Waals surface area contributed by atoms with Crippen LogP contribution in [0.15, 0.2) is 41.2 Å². The zero-order valence-corrected chi connectivity index (χ0v) is 9.55. The Kier molecular flexibility index (Phi) is 3.17. The normalized spacial score (nSPS) is 10.1. The van der Waals surface area contributed by atoms with Crippen LogP contribution in [-0.4, -0.2) is 5.91 Å². The first kappa shape index (κ1) is 11.0. The summed E-state index contributed by atoms with van der Waals surface area (Å²) in [5, 5.41) is 3.40. The molecule has 2 aromatic rings. The van der Waals surface area contributed by atoms with Gasteiger partial charge in [-0.25, -0.2) is 0 Å². The molecule has 0 unspecified atom stereocenters. The lowest BCUT2D eigenvalue weighted by Gasteiger charge is -2.07. The Morgan fingerprint density at radius 1 is 1.19 bits per heavy atom. The lowest BCUT2D eigenvalue weighted by atomic mass is 10.2. The zero-order chi connectivity index (χ0) is 11.5. The molecule has 0 aliphatic rings. The van der Waals surface area contributed by atoms with Gasteiger partial charge in [-0.2, -0.15) is 0 Å². The van der Waals surface area contributed by atoms with E-state index in [1.165, 1.54) is 12.5 Å². The molecule has 0 radical (unpaired) electrons. The fourth-order valence-corrected chi connectivity index (χ4v) is 1.69. The Hall–Kier alpha value is -1.45. The predicted molar refractivity (Wildman–Crippen MR) is 63.1 cm³/mol. The largest absolute Gasteiger partial charge is 0.472 e. The molecule has 0 saturated carbocycles. The van der Waals surface area contributed by atoms with Gasteiger partial charge in [0, 0.05) is 0 Å². The van der Waals surface area contributed by atoms with E-state index in [4.69, 9.17) is 27.6 Å². The molecule has 5 heteroatoms. The van der Waals surface area contributed by atoms with Gasteiger partial charge in [-0.1, -0.05) is 29.3 Å². The third-order valence-electron chi connectivity index (χ3n) is 1.98. The second-order valence-corrected chi connectivity index (χ2v) is 3.88. The Balaban J connectivity index is 2.25. The number of anilines is 1. The van der Waals surface area contributed by atoms with Crippen molar-refractivity contribution >= 4 is 34.8 Å². The second kappa shape index (κ2) is 4.60. The summed E-state index contributed by atoms with van der Waals surface area (Å²) in [6.07, 6.45) is 2.77. The van der Waals surface area contributed by atoms with Gasteiger partial charge in [0.05, 0.1) is 27.6 Å². The van der Waals surface area contributed by atoms with Crippen LogP contribution >= 0.6 is 23.2 Å². The number of benzene rings is 1. The highest BCUT2D eigenvalue weighted by molar-refractivity contribution is 6.40. The molecule has 2 rings (SSSR count). The molecule has 1 amide bonds. The molecular formula is C11H7Cl2NO2. The van der Waals surface area contributed by atoms with E-state index in [1.54, 1.807) is 24.3 Å². The summed E-state index contributed by atoms with van der Waals surface area (Å²) >= 11 is 11.8. The first-order valence-corrected chi connectivity index (χ1v) is 5.21. The van der Waals surface area contributed by atoms with Crippen molar-refractivity contribution in [1.29, 1.82) is 0 Å². The van der Waals surface area contributed by atoms with Gasteiger partial charge < -0.3 is 9.73 Å². The monoisotopic (exact) mass is 255 g/mol. The number of amides is 1. The van der Waals surface area contributed by atoms with Crippen LogP contribution in [-0.2, 0) is 0 Å². The van der Waals surface area contributed by atoms with E-state index >= 15 is 0 Å². The van der Waals surface area contributed by atoms with E-state index in [0.29, 0.717) is 21.3 Å². The summed E-state index contributed by atoms with van der Waals surface area (Å²) in [5.41, 5.74) is 0.813. The Morgan fingerprint density at radius 2 is 1.88 bits per heavy atom. The quantitative estimate of drug-likeness (QED) is 0.886. The summed E-state index contributed by atoms with van der Waals surface area (Å²) in [6.45, 7) is 0. The molecule has 0 spiro atoms. The van der Waals surface area contributed by atoms with Gasteiger partial charge in [0.1, 0.15) is 6.26 Å². The average Bonchev–Trinajstić information content (AvgIpc) is 2.76. The Labute approximate surface area is 102 Å². The van der Waals surface area contributed by atoms with Crippen molar-refractivity contribution in [3.63, 3.8) is 0 Å². The van der Waals surface area contributed by atoms with Crippen molar-refractivity contribution in [2.24, 2.45) is 0 Å². The SMILES string of the molecule is O=C(Nc1c(Cl)cccc1Cl)c1ccoc1. The van der Waals surface area contributed by atoms with Crippen molar-refractivity contribution in [2.45, 2.75) is 0 Å². The van der Waals surface area contributed by atoms with Crippen LogP contribution in [0.3, 0.4) is 0 Å². The summed E-state index contributed by atoms with van der Waals surface area (Å²) < 4.78 is 4.81. The van der Waals surface area contributed by atoms with Crippen molar-refractivity contribution < 1.29 is 9.21 Å². The topological polar surface area (TPSA) is 42.2 Å². The predicted octanol–water partition coefficient (Wildman–Crippen LogP) is 3.84. The number of halogens is 2. The smallest absolute Gasteiger partial charge is 0.258 e. The van der Waals surface area contributed by atoms with Gasteiger partial charge in [-0.3, -0.25) is 4.79 Å². The van der Waals surface area contributed by atoms with Gasteiger partial charge >= 0.3 is 0 Å². The van der Waals surface area contributed by atoms with E-state index in [9.17, 15) is 4.79 Å². The molecule has 0 saturated heterocycles. The minimum Gasteiger partial charge on any atom is -0.472 e. The van der Waals surface area contributed by atoms with E-state index in [1.807, 2.05) is 0 Å². The Morgan fingerprint density at radius 3 is 2.44 bits per heavy atom. The number of carbonyl (C=O) groups excluding carboxylic acids is 1. The molecule has 82 valence electrons. The molecule has 1 aromatic carbocycles. The number of carbonyl (C=O) groups is 1. The molecular weight excluding hydrogens is 249 g/mol. The maximum absolute atomic E-state index is 11.7. The van der Waals surface area contributed by atoms with Crippen LogP contribution in [0.2, 0.25) is 10.0 Å². The van der Waals surface area contributed by atoms with E-state index in [0.717, 1.165) is 0 Å². The van der Waals surface area contributed by atoms with Crippen molar-refractivity contribution in [3.05, 3.63) is 52.4 Å². The van der Waals surface area contributed by atoms with E-state index < -0.39 is 0 Å². The fraction of sp³-hybridized carbons (Fsp3) is 0. The Bertz CT molecular complexity index is 488. The first-order valence-electron chi connectivity index (χ1n) is 4.46. The maximum Gasteiger partial charge on any atom is 0.258 e. The van der Waals surface area contributed by atoms with Crippen LogP contribution in [0.5, 0.6) is 0 Å². The van der Waals surface area contributed by atoms with Crippen LogP contribution < -0.4 is 5.32 Å². The van der Waals surface area contributed by atoms with Crippen molar-refractivity contribution in [1.82, 2.24) is 0 Å². The molecule has 0 atom stereocenters. The van der Waals surface area contributed by atoms with Crippen LogP contribution in [0.1, 0.15) is 10.4 Å².